The number of rotatable bonds is 7. The van der Waals surface area contributed by atoms with E-state index in [2.05, 4.69) is 20.9 Å². The Bertz CT molecular complexity index is 1250. The van der Waals surface area contributed by atoms with Crippen LogP contribution in [-0.2, 0) is 5.92 Å². The molecule has 7 nitrogen and oxygen atoms in total. The summed E-state index contributed by atoms with van der Waals surface area (Å²) in [6, 6.07) is 9.10. The van der Waals surface area contributed by atoms with Crippen LogP contribution in [0.15, 0.2) is 60.8 Å². The number of carbonyl (C=O) groups is 2. The van der Waals surface area contributed by atoms with Gasteiger partial charge in [0.2, 0.25) is 0 Å². The minimum absolute atomic E-state index is 0.0536. The lowest BCUT2D eigenvalue weighted by atomic mass is 10.0. The van der Waals surface area contributed by atoms with Crippen molar-refractivity contribution < 1.29 is 36.3 Å². The number of hydrogen-bond donors (Lipinski definition) is 3. The van der Waals surface area contributed by atoms with Crippen LogP contribution in [-0.4, -0.2) is 29.9 Å². The highest BCUT2D eigenvalue weighted by molar-refractivity contribution is 5.99. The number of urea groups is 1. The normalized spacial score (nSPS) is 11.5. The van der Waals surface area contributed by atoms with Crippen LogP contribution < -0.4 is 20.7 Å². The predicted octanol–water partition coefficient (Wildman–Crippen LogP) is 5.76. The van der Waals surface area contributed by atoms with Crippen molar-refractivity contribution in [2.75, 3.05) is 17.7 Å². The number of nitrogens with one attached hydrogen (secondary N) is 3. The minimum atomic E-state index is -4.46. The molecule has 0 aliphatic rings. The second kappa shape index (κ2) is 9.95. The lowest BCUT2D eigenvalue weighted by Crippen LogP contribution is -2.35. The molecule has 12 heteroatoms. The van der Waals surface area contributed by atoms with Gasteiger partial charge in [-0.15, -0.1) is 0 Å². The molecule has 0 saturated heterocycles. The van der Waals surface area contributed by atoms with Crippen molar-refractivity contribution in [1.29, 1.82) is 0 Å². The molecule has 3 amide bonds. The highest BCUT2D eigenvalue weighted by atomic mass is 19.3. The van der Waals surface area contributed by atoms with E-state index < -0.39 is 35.2 Å². The molecule has 35 heavy (non-hydrogen) atoms. The number of nitrogens with zero attached hydrogens (tertiary/aromatic N) is 1. The first-order chi connectivity index (χ1) is 16.4. The first kappa shape index (κ1) is 25.4. The van der Waals surface area contributed by atoms with Crippen molar-refractivity contribution in [1.82, 2.24) is 10.3 Å². The van der Waals surface area contributed by atoms with Crippen LogP contribution in [0.4, 0.5) is 38.1 Å². The summed E-state index contributed by atoms with van der Waals surface area (Å²) in [4.78, 5) is 27.7. The van der Waals surface area contributed by atoms with Crippen molar-refractivity contribution in [3.8, 4) is 11.5 Å². The van der Waals surface area contributed by atoms with Crippen molar-refractivity contribution >= 4 is 23.3 Å². The fourth-order valence-electron chi connectivity index (χ4n) is 2.85. The number of alkyl halides is 4. The summed E-state index contributed by atoms with van der Waals surface area (Å²) in [5.41, 5.74) is -1.37. The topological polar surface area (TPSA) is 92.4 Å². The molecule has 0 bridgehead atoms. The number of carbonyl (C=O) groups excluding carboxylic acids is 2. The Morgan fingerprint density at radius 1 is 0.943 bits per heavy atom. The maximum absolute atomic E-state index is 14.5. The van der Waals surface area contributed by atoms with Gasteiger partial charge in [0.1, 0.15) is 23.0 Å². The Morgan fingerprint density at radius 3 is 2.31 bits per heavy atom. The molecule has 1 heterocycles. The number of anilines is 2. The monoisotopic (exact) mass is 494 g/mol. The lowest BCUT2D eigenvalue weighted by molar-refractivity contribution is -0.204. The molecule has 3 aromatic rings. The van der Waals surface area contributed by atoms with Crippen molar-refractivity contribution in [3.05, 3.63) is 77.9 Å². The number of pyridine rings is 1. The van der Waals surface area contributed by atoms with E-state index in [1.54, 1.807) is 0 Å². The van der Waals surface area contributed by atoms with Gasteiger partial charge in [-0.2, -0.15) is 17.6 Å². The summed E-state index contributed by atoms with van der Waals surface area (Å²) in [7, 11) is 1.43. The van der Waals surface area contributed by atoms with Gasteiger partial charge in [0.15, 0.2) is 0 Å². The molecule has 0 radical (unpaired) electrons. The van der Waals surface area contributed by atoms with E-state index in [1.807, 2.05) is 0 Å². The van der Waals surface area contributed by atoms with Gasteiger partial charge in [-0.25, -0.2) is 9.18 Å². The van der Waals surface area contributed by atoms with Crippen LogP contribution in [0.25, 0.3) is 0 Å². The van der Waals surface area contributed by atoms with Gasteiger partial charge in [0, 0.05) is 43.6 Å². The molecule has 0 fully saturated rings. The van der Waals surface area contributed by atoms with E-state index in [0.29, 0.717) is 6.07 Å². The number of benzene rings is 2. The molecule has 184 valence electrons. The second-order valence-electron chi connectivity index (χ2n) is 7.32. The summed E-state index contributed by atoms with van der Waals surface area (Å²) in [6.45, 7) is 0.0888. The third-order valence-corrected chi connectivity index (χ3v) is 4.65. The number of ether oxygens (including phenoxy) is 1. The van der Waals surface area contributed by atoms with E-state index >= 15 is 0 Å². The molecule has 2 aromatic carbocycles. The van der Waals surface area contributed by atoms with Crippen LogP contribution in [0.1, 0.15) is 23.0 Å². The average Bonchev–Trinajstić information content (AvgIpc) is 2.80. The van der Waals surface area contributed by atoms with E-state index in [1.165, 1.54) is 43.6 Å². The second-order valence-corrected chi connectivity index (χ2v) is 7.32. The Hall–Kier alpha value is -4.22. The molecule has 0 aliphatic heterocycles. The van der Waals surface area contributed by atoms with Gasteiger partial charge in [0.25, 0.3) is 5.91 Å². The highest BCUT2D eigenvalue weighted by Gasteiger charge is 2.53. The van der Waals surface area contributed by atoms with E-state index in [0.717, 1.165) is 18.2 Å². The molecule has 0 aliphatic carbocycles. The molecule has 0 spiro atoms. The van der Waals surface area contributed by atoms with E-state index in [4.69, 9.17) is 4.74 Å². The number of aromatic nitrogens is 1. The fourth-order valence-corrected chi connectivity index (χ4v) is 2.85. The molecule has 3 rings (SSSR count). The van der Waals surface area contributed by atoms with Gasteiger partial charge < -0.3 is 20.7 Å². The van der Waals surface area contributed by atoms with E-state index in [-0.39, 0.29) is 35.5 Å². The first-order valence-electron chi connectivity index (χ1n) is 10.0. The quantitative estimate of drug-likeness (QED) is 0.364. The maximum atomic E-state index is 14.5. The zero-order chi connectivity index (χ0) is 25.8. The van der Waals surface area contributed by atoms with Gasteiger partial charge in [-0.1, -0.05) is 12.1 Å². The van der Waals surface area contributed by atoms with Crippen LogP contribution in [0.5, 0.6) is 11.5 Å². The van der Waals surface area contributed by atoms with Gasteiger partial charge in [-0.3, -0.25) is 9.78 Å². The van der Waals surface area contributed by atoms with Crippen LogP contribution in [0.3, 0.4) is 0 Å². The predicted molar refractivity (Wildman–Crippen MR) is 118 cm³/mol. The average molecular weight is 494 g/mol. The molecule has 0 saturated carbocycles. The highest BCUT2D eigenvalue weighted by Crippen LogP contribution is 2.43. The molecule has 1 aromatic heterocycles. The van der Waals surface area contributed by atoms with Crippen molar-refractivity contribution in [3.63, 3.8) is 0 Å². The van der Waals surface area contributed by atoms with Crippen LogP contribution >= 0.6 is 0 Å². The molecular weight excluding hydrogens is 475 g/mol. The van der Waals surface area contributed by atoms with Crippen molar-refractivity contribution in [2.24, 2.45) is 0 Å². The number of halogens is 5. The Labute approximate surface area is 196 Å². The number of hydrogen-bond acceptors (Lipinski definition) is 4. The molecular formula is C23H19F5N4O3. The summed E-state index contributed by atoms with van der Waals surface area (Å²) in [6.07, 6.45) is 1.34. The lowest BCUT2D eigenvalue weighted by Gasteiger charge is -2.23. The summed E-state index contributed by atoms with van der Waals surface area (Å²) < 4.78 is 74.2. The molecule has 0 unspecified atom stereocenters. The molecule has 3 N–H and O–H groups in total. The SMILES string of the molecule is CNC(=O)c1cc(Oc2ccc(NC(=O)Nc3cccc(C(F)(F)C(C)(F)F)c3)c(F)c2)ccn1. The zero-order valence-electron chi connectivity index (χ0n) is 18.3. The van der Waals surface area contributed by atoms with Gasteiger partial charge in [-0.05, 0) is 30.3 Å². The van der Waals surface area contributed by atoms with Crippen LogP contribution in [0.2, 0.25) is 0 Å². The fraction of sp³-hybridized carbons (Fsp3) is 0.174. The summed E-state index contributed by atoms with van der Waals surface area (Å²) in [5.74, 6) is -9.84. The van der Waals surface area contributed by atoms with Crippen LogP contribution in [0, 0.1) is 5.82 Å². The minimum Gasteiger partial charge on any atom is -0.457 e. The first-order valence-corrected chi connectivity index (χ1v) is 10.0. The largest absolute Gasteiger partial charge is 0.457 e. The maximum Gasteiger partial charge on any atom is 0.335 e. The van der Waals surface area contributed by atoms with Crippen molar-refractivity contribution in [2.45, 2.75) is 18.8 Å². The number of amides is 3. The van der Waals surface area contributed by atoms with Gasteiger partial charge >= 0.3 is 17.9 Å². The Kier molecular flexibility index (Phi) is 7.22. The third kappa shape index (κ3) is 6.02. The Balaban J connectivity index is 1.68. The standard InChI is InChI=1S/C23H19F5N4O3/c1-22(25,26)23(27,28)13-4-3-5-14(10-13)31-21(34)32-18-7-6-15(11-17(18)24)35-16-8-9-30-19(12-16)20(33)29-2/h3-12H,1-2H3,(H,29,33)(H2,31,32,34). The smallest absolute Gasteiger partial charge is 0.335 e. The third-order valence-electron chi connectivity index (χ3n) is 4.65. The zero-order valence-corrected chi connectivity index (χ0v) is 18.3. The van der Waals surface area contributed by atoms with Gasteiger partial charge in [0.05, 0.1) is 5.69 Å². The molecule has 0 atom stereocenters. The summed E-state index contributed by atoms with van der Waals surface area (Å²) >= 11 is 0. The Morgan fingerprint density at radius 2 is 1.66 bits per heavy atom. The van der Waals surface area contributed by atoms with E-state index in [9.17, 15) is 31.5 Å². The summed E-state index contributed by atoms with van der Waals surface area (Å²) in [5, 5.41) is 6.79.